The lowest BCUT2D eigenvalue weighted by Crippen LogP contribution is -2.45. The Hall–Kier alpha value is -2.87. The lowest BCUT2D eigenvalue weighted by molar-refractivity contribution is -0.137. The van der Waals surface area contributed by atoms with Crippen molar-refractivity contribution in [2.24, 2.45) is 0 Å². The number of nitrogens with one attached hydrogen (secondary N) is 1. The number of carbonyl (C=O) groups excluding carboxylic acids is 1. The Kier molecular flexibility index (Phi) is 5.51. The van der Waals surface area contributed by atoms with Gasteiger partial charge in [0.15, 0.2) is 0 Å². The molecule has 1 aliphatic carbocycles. The van der Waals surface area contributed by atoms with Crippen LogP contribution in [0.1, 0.15) is 47.2 Å². The second-order valence-electron chi connectivity index (χ2n) is 7.67. The third kappa shape index (κ3) is 4.18. The fraction of sp³-hybridized carbons (Fsp3) is 0.364. The lowest BCUT2D eigenvalue weighted by Gasteiger charge is -2.28. The van der Waals surface area contributed by atoms with E-state index >= 15 is 0 Å². The third-order valence-corrected chi connectivity index (χ3v) is 5.53. The standard InChI is InChI=1S/C22H22F3N3O2/c23-22(24,25)15-6-3-5-14(11-15)12-28-13-16(20-18(28)8-4-10-26-20)21(30)27-17-7-1-2-9-19(17)29/h3-6,8,10-11,13,17,19,29H,1-2,7,9,12H2,(H,27,30)/t17-,19-/m0/s1. The summed E-state index contributed by atoms with van der Waals surface area (Å²) in [5.74, 6) is -0.340. The molecule has 2 atom stereocenters. The molecule has 2 heterocycles. The Balaban J connectivity index is 1.63. The van der Waals surface area contributed by atoms with Crippen LogP contribution < -0.4 is 5.32 Å². The monoisotopic (exact) mass is 417 g/mol. The van der Waals surface area contributed by atoms with E-state index in [0.29, 0.717) is 35.0 Å². The molecule has 2 N–H and O–H groups in total. The Morgan fingerprint density at radius 1 is 1.20 bits per heavy atom. The molecule has 0 spiro atoms. The highest BCUT2D eigenvalue weighted by molar-refractivity contribution is 6.05. The van der Waals surface area contributed by atoms with Crippen LogP contribution >= 0.6 is 0 Å². The summed E-state index contributed by atoms with van der Waals surface area (Å²) in [6, 6.07) is 8.33. The van der Waals surface area contributed by atoms with E-state index in [1.807, 2.05) is 0 Å². The molecule has 4 rings (SSSR count). The number of hydrogen-bond acceptors (Lipinski definition) is 3. The number of amides is 1. The van der Waals surface area contributed by atoms with E-state index in [0.717, 1.165) is 25.0 Å². The van der Waals surface area contributed by atoms with E-state index in [9.17, 15) is 23.1 Å². The van der Waals surface area contributed by atoms with Gasteiger partial charge in [-0.15, -0.1) is 0 Å². The number of rotatable bonds is 4. The van der Waals surface area contributed by atoms with Gasteiger partial charge in [0.05, 0.1) is 28.8 Å². The summed E-state index contributed by atoms with van der Waals surface area (Å²) in [5, 5.41) is 13.0. The molecule has 1 amide bonds. The molecule has 0 saturated heterocycles. The molecule has 5 nitrogen and oxygen atoms in total. The first kappa shape index (κ1) is 20.4. The van der Waals surface area contributed by atoms with Crippen molar-refractivity contribution in [2.45, 2.75) is 50.6 Å². The molecule has 0 bridgehead atoms. The molecule has 158 valence electrons. The first-order valence-electron chi connectivity index (χ1n) is 9.92. The molecule has 8 heteroatoms. The van der Waals surface area contributed by atoms with Crippen LogP contribution in [0.4, 0.5) is 13.2 Å². The molecular formula is C22H22F3N3O2. The van der Waals surface area contributed by atoms with Gasteiger partial charge in [0, 0.05) is 18.9 Å². The molecule has 2 aromatic heterocycles. The maximum Gasteiger partial charge on any atom is 0.416 e. The average molecular weight is 417 g/mol. The minimum atomic E-state index is -4.41. The number of hydrogen-bond donors (Lipinski definition) is 2. The van der Waals surface area contributed by atoms with Gasteiger partial charge in [-0.25, -0.2) is 0 Å². The highest BCUT2D eigenvalue weighted by atomic mass is 19.4. The van der Waals surface area contributed by atoms with Crippen molar-refractivity contribution in [3.63, 3.8) is 0 Å². The summed E-state index contributed by atoms with van der Waals surface area (Å²) in [6.07, 6.45) is 1.44. The number of carbonyl (C=O) groups is 1. The smallest absolute Gasteiger partial charge is 0.391 e. The largest absolute Gasteiger partial charge is 0.416 e. The van der Waals surface area contributed by atoms with Gasteiger partial charge >= 0.3 is 6.18 Å². The van der Waals surface area contributed by atoms with Crippen molar-refractivity contribution in [2.75, 3.05) is 0 Å². The maximum absolute atomic E-state index is 13.0. The van der Waals surface area contributed by atoms with Gasteiger partial charge in [0.2, 0.25) is 0 Å². The SMILES string of the molecule is O=C(N[C@H]1CCCC[C@@H]1O)c1cn(Cc2cccc(C(F)(F)F)c2)c2cccnc12. The fourth-order valence-corrected chi connectivity index (χ4v) is 3.99. The van der Waals surface area contributed by atoms with E-state index in [1.165, 1.54) is 6.07 Å². The zero-order valence-corrected chi connectivity index (χ0v) is 16.2. The zero-order valence-electron chi connectivity index (χ0n) is 16.2. The first-order valence-corrected chi connectivity index (χ1v) is 9.92. The van der Waals surface area contributed by atoms with Gasteiger partial charge in [-0.3, -0.25) is 9.78 Å². The van der Waals surface area contributed by atoms with Crippen LogP contribution in [0.15, 0.2) is 48.8 Å². The topological polar surface area (TPSA) is 67.2 Å². The van der Waals surface area contributed by atoms with Crippen molar-refractivity contribution < 1.29 is 23.1 Å². The number of aliphatic hydroxyl groups is 1. The van der Waals surface area contributed by atoms with Gasteiger partial charge in [-0.2, -0.15) is 13.2 Å². The van der Waals surface area contributed by atoms with Crippen molar-refractivity contribution in [3.05, 3.63) is 65.5 Å². The van der Waals surface area contributed by atoms with Crippen molar-refractivity contribution in [3.8, 4) is 0 Å². The number of fused-ring (bicyclic) bond motifs is 1. The number of pyridine rings is 1. The third-order valence-electron chi connectivity index (χ3n) is 5.53. The summed E-state index contributed by atoms with van der Waals surface area (Å²) < 4.78 is 40.8. The summed E-state index contributed by atoms with van der Waals surface area (Å²) in [6.45, 7) is 0.172. The molecule has 30 heavy (non-hydrogen) atoms. The molecule has 1 aromatic carbocycles. The number of halogens is 3. The van der Waals surface area contributed by atoms with Gasteiger partial charge in [-0.05, 0) is 42.7 Å². The van der Waals surface area contributed by atoms with Crippen LogP contribution in [0.2, 0.25) is 0 Å². The van der Waals surface area contributed by atoms with Crippen LogP contribution in [0.25, 0.3) is 11.0 Å². The van der Waals surface area contributed by atoms with Crippen LogP contribution in [0, 0.1) is 0 Å². The highest BCUT2D eigenvalue weighted by Gasteiger charge is 2.30. The second-order valence-corrected chi connectivity index (χ2v) is 7.67. The van der Waals surface area contributed by atoms with E-state index in [-0.39, 0.29) is 18.5 Å². The Morgan fingerprint density at radius 3 is 2.77 bits per heavy atom. The lowest BCUT2D eigenvalue weighted by atomic mass is 9.92. The first-order chi connectivity index (χ1) is 14.3. The van der Waals surface area contributed by atoms with Crippen LogP contribution in [-0.4, -0.2) is 32.7 Å². The summed E-state index contributed by atoms with van der Waals surface area (Å²) >= 11 is 0. The zero-order chi connectivity index (χ0) is 21.3. The minimum Gasteiger partial charge on any atom is -0.391 e. The van der Waals surface area contributed by atoms with E-state index < -0.39 is 17.8 Å². The Bertz CT molecular complexity index is 1060. The number of benzene rings is 1. The predicted octanol–water partition coefficient (Wildman–Crippen LogP) is 4.14. The molecule has 0 unspecified atom stereocenters. The minimum absolute atomic E-state index is 0.172. The van der Waals surface area contributed by atoms with Crippen molar-refractivity contribution >= 4 is 16.9 Å². The molecule has 0 radical (unpaired) electrons. The Labute approximate surface area is 171 Å². The molecule has 1 aliphatic rings. The van der Waals surface area contributed by atoms with Crippen LogP contribution in [0.3, 0.4) is 0 Å². The number of alkyl halides is 3. The van der Waals surface area contributed by atoms with Gasteiger partial charge in [0.1, 0.15) is 5.52 Å². The van der Waals surface area contributed by atoms with Crippen molar-refractivity contribution in [1.82, 2.24) is 14.9 Å². The highest BCUT2D eigenvalue weighted by Crippen LogP contribution is 2.30. The van der Waals surface area contributed by atoms with Gasteiger partial charge < -0.3 is 15.0 Å². The van der Waals surface area contributed by atoms with Gasteiger partial charge in [0.25, 0.3) is 5.91 Å². The fourth-order valence-electron chi connectivity index (χ4n) is 3.99. The van der Waals surface area contributed by atoms with E-state index in [4.69, 9.17) is 0 Å². The summed E-state index contributed by atoms with van der Waals surface area (Å²) in [4.78, 5) is 17.2. The van der Waals surface area contributed by atoms with Crippen LogP contribution in [0.5, 0.6) is 0 Å². The molecule has 1 saturated carbocycles. The van der Waals surface area contributed by atoms with Gasteiger partial charge in [-0.1, -0.05) is 25.0 Å². The normalized spacial score (nSPS) is 19.7. The maximum atomic E-state index is 13.0. The number of aromatic nitrogens is 2. The molecule has 1 fully saturated rings. The average Bonchev–Trinajstić information content (AvgIpc) is 3.08. The molecule has 0 aliphatic heterocycles. The number of nitrogens with zero attached hydrogens (tertiary/aromatic N) is 2. The predicted molar refractivity (Wildman–Crippen MR) is 106 cm³/mol. The van der Waals surface area contributed by atoms with E-state index in [1.54, 1.807) is 35.2 Å². The molecular weight excluding hydrogens is 395 g/mol. The number of aliphatic hydroxyl groups excluding tert-OH is 1. The Morgan fingerprint density at radius 2 is 2.00 bits per heavy atom. The summed E-state index contributed by atoms with van der Waals surface area (Å²) in [5.41, 5.74) is 1.24. The van der Waals surface area contributed by atoms with Crippen LogP contribution in [-0.2, 0) is 12.7 Å². The van der Waals surface area contributed by atoms with E-state index in [2.05, 4.69) is 10.3 Å². The quantitative estimate of drug-likeness (QED) is 0.671. The van der Waals surface area contributed by atoms with Crippen molar-refractivity contribution in [1.29, 1.82) is 0 Å². The second kappa shape index (κ2) is 8.10. The molecule has 3 aromatic rings. The summed E-state index contributed by atoms with van der Waals surface area (Å²) in [7, 11) is 0.